The summed E-state index contributed by atoms with van der Waals surface area (Å²) in [5.74, 6) is -0.791. The Morgan fingerprint density at radius 1 is 1.10 bits per heavy atom. The van der Waals surface area contributed by atoms with Crippen molar-refractivity contribution in [2.75, 3.05) is 16.8 Å². The highest BCUT2D eigenvalue weighted by Gasteiger charge is 2.44. The average Bonchev–Trinajstić information content (AvgIpc) is 3.41. The maximum absolute atomic E-state index is 13.5. The summed E-state index contributed by atoms with van der Waals surface area (Å²) < 4.78 is 5.33. The van der Waals surface area contributed by atoms with Crippen molar-refractivity contribution in [2.24, 2.45) is 5.92 Å². The molecule has 208 valence electrons. The van der Waals surface area contributed by atoms with Crippen LogP contribution in [0.1, 0.15) is 53.1 Å². The van der Waals surface area contributed by atoms with E-state index in [1.165, 1.54) is 28.0 Å². The van der Waals surface area contributed by atoms with E-state index in [0.29, 0.717) is 27.2 Å². The van der Waals surface area contributed by atoms with Gasteiger partial charge in [-0.3, -0.25) is 14.4 Å². The largest absolute Gasteiger partial charge is 0.462 e. The van der Waals surface area contributed by atoms with E-state index in [1.807, 2.05) is 24.3 Å². The highest BCUT2D eigenvalue weighted by Crippen LogP contribution is 2.45. The maximum Gasteiger partial charge on any atom is 0.341 e. The van der Waals surface area contributed by atoms with E-state index in [2.05, 4.69) is 12.2 Å². The van der Waals surface area contributed by atoms with Gasteiger partial charge in [-0.15, -0.1) is 23.1 Å². The first-order valence-electron chi connectivity index (χ1n) is 13.2. The SMILES string of the molecule is CCOC(=O)c1c(N2C(=O)C[C@@H](Sc3ccc(NC(=O)Cc4ccc(Cl)cc4)cc3)C2=O)sc2c1CC[C@H](C)C2. The Kier molecular flexibility index (Phi) is 8.63. The van der Waals surface area contributed by atoms with Crippen LogP contribution in [0.3, 0.4) is 0 Å². The number of anilines is 2. The molecule has 2 aliphatic rings. The summed E-state index contributed by atoms with van der Waals surface area (Å²) in [5.41, 5.74) is 2.79. The van der Waals surface area contributed by atoms with Gasteiger partial charge in [0, 0.05) is 26.9 Å². The van der Waals surface area contributed by atoms with Crippen LogP contribution in [-0.4, -0.2) is 35.5 Å². The molecule has 5 rings (SSSR count). The second kappa shape index (κ2) is 12.2. The molecule has 7 nitrogen and oxygen atoms in total. The topological polar surface area (TPSA) is 92.8 Å². The molecule has 0 radical (unpaired) electrons. The summed E-state index contributed by atoms with van der Waals surface area (Å²) in [6.07, 6.45) is 2.78. The van der Waals surface area contributed by atoms with Gasteiger partial charge in [0.2, 0.25) is 17.7 Å². The Morgan fingerprint density at radius 2 is 1.82 bits per heavy atom. The Labute approximate surface area is 246 Å². The first-order chi connectivity index (χ1) is 19.2. The predicted octanol–water partition coefficient (Wildman–Crippen LogP) is 6.31. The molecule has 1 fully saturated rings. The zero-order valence-electron chi connectivity index (χ0n) is 22.2. The number of halogens is 1. The van der Waals surface area contributed by atoms with Crippen molar-refractivity contribution in [3.8, 4) is 0 Å². The second-order valence-corrected chi connectivity index (χ2v) is 12.8. The number of carbonyl (C=O) groups is 4. The van der Waals surface area contributed by atoms with Gasteiger partial charge in [-0.1, -0.05) is 30.7 Å². The van der Waals surface area contributed by atoms with Crippen LogP contribution < -0.4 is 10.2 Å². The quantitative estimate of drug-likeness (QED) is 0.242. The van der Waals surface area contributed by atoms with E-state index >= 15 is 0 Å². The van der Waals surface area contributed by atoms with E-state index in [-0.39, 0.29) is 37.2 Å². The fourth-order valence-electron chi connectivity index (χ4n) is 4.99. The van der Waals surface area contributed by atoms with Crippen LogP contribution >= 0.6 is 34.7 Å². The molecule has 3 aromatic rings. The van der Waals surface area contributed by atoms with Crippen molar-refractivity contribution >= 4 is 69.1 Å². The molecular weight excluding hydrogens is 568 g/mol. The van der Waals surface area contributed by atoms with Crippen molar-refractivity contribution in [3.63, 3.8) is 0 Å². The second-order valence-electron chi connectivity index (χ2n) is 10.0. The van der Waals surface area contributed by atoms with E-state index < -0.39 is 11.2 Å². The highest BCUT2D eigenvalue weighted by atomic mass is 35.5. The normalized spacial score (nSPS) is 18.5. The molecule has 1 aromatic heterocycles. The number of ether oxygens (including phenoxy) is 1. The minimum absolute atomic E-state index is 0.0459. The number of esters is 1. The fraction of sp³-hybridized carbons (Fsp3) is 0.333. The molecule has 2 aromatic carbocycles. The number of nitrogens with one attached hydrogen (secondary N) is 1. The lowest BCUT2D eigenvalue weighted by molar-refractivity contribution is -0.121. The van der Waals surface area contributed by atoms with Gasteiger partial charge in [0.1, 0.15) is 5.00 Å². The van der Waals surface area contributed by atoms with E-state index in [1.54, 1.807) is 31.2 Å². The van der Waals surface area contributed by atoms with Gasteiger partial charge in [-0.2, -0.15) is 0 Å². The van der Waals surface area contributed by atoms with Gasteiger partial charge in [0.05, 0.1) is 23.8 Å². The zero-order chi connectivity index (χ0) is 28.4. The van der Waals surface area contributed by atoms with Crippen molar-refractivity contribution < 1.29 is 23.9 Å². The van der Waals surface area contributed by atoms with Crippen LogP contribution in [-0.2, 0) is 38.4 Å². The van der Waals surface area contributed by atoms with Gasteiger partial charge in [0.15, 0.2) is 0 Å². The van der Waals surface area contributed by atoms with Crippen LogP contribution in [0, 0.1) is 5.92 Å². The van der Waals surface area contributed by atoms with Crippen molar-refractivity contribution in [3.05, 3.63) is 75.1 Å². The molecule has 2 heterocycles. The van der Waals surface area contributed by atoms with Crippen molar-refractivity contribution in [1.29, 1.82) is 0 Å². The summed E-state index contributed by atoms with van der Waals surface area (Å²) in [4.78, 5) is 55.1. The third-order valence-electron chi connectivity index (χ3n) is 6.98. The average molecular weight is 597 g/mol. The number of carbonyl (C=O) groups excluding carboxylic acids is 4. The number of amides is 3. The number of rotatable bonds is 8. The molecular formula is C30H29ClN2O5S2. The van der Waals surface area contributed by atoms with Crippen LogP contribution in [0.5, 0.6) is 0 Å². The van der Waals surface area contributed by atoms with Gasteiger partial charge in [-0.05, 0) is 79.6 Å². The minimum Gasteiger partial charge on any atom is -0.462 e. The lowest BCUT2D eigenvalue weighted by Crippen LogP contribution is -2.32. The number of thioether (sulfide) groups is 1. The predicted molar refractivity (Wildman–Crippen MR) is 158 cm³/mol. The number of benzene rings is 2. The minimum atomic E-state index is -0.606. The molecule has 2 atom stereocenters. The van der Waals surface area contributed by atoms with E-state index in [0.717, 1.165) is 40.2 Å². The monoisotopic (exact) mass is 596 g/mol. The molecule has 0 saturated carbocycles. The summed E-state index contributed by atoms with van der Waals surface area (Å²) in [6.45, 7) is 4.13. The van der Waals surface area contributed by atoms with E-state index in [9.17, 15) is 19.2 Å². The first-order valence-corrected chi connectivity index (χ1v) is 15.3. The third kappa shape index (κ3) is 6.11. The van der Waals surface area contributed by atoms with Gasteiger partial charge < -0.3 is 10.1 Å². The Bertz CT molecular complexity index is 1450. The standard InChI is InChI=1S/C30H29ClN2O5S2/c1-3-38-30(37)27-22-13-4-17(2)14-23(22)40-29(27)33-26(35)16-24(28(33)36)39-21-11-9-20(10-12-21)32-25(34)15-18-5-7-19(31)8-6-18/h5-12,17,24H,3-4,13-16H2,1-2H3,(H,32,34)/t17-,24+/m0/s1. The molecule has 1 aliphatic heterocycles. The Hall–Kier alpha value is -3.14. The van der Waals surface area contributed by atoms with Crippen LogP contribution in [0.15, 0.2) is 53.4 Å². The third-order valence-corrected chi connectivity index (χ3v) is 9.66. The molecule has 1 N–H and O–H groups in total. The van der Waals surface area contributed by atoms with Gasteiger partial charge in [0.25, 0.3) is 0 Å². The summed E-state index contributed by atoms with van der Waals surface area (Å²) in [7, 11) is 0. The molecule has 0 bridgehead atoms. The van der Waals surface area contributed by atoms with E-state index in [4.69, 9.17) is 16.3 Å². The van der Waals surface area contributed by atoms with Crippen LogP contribution in [0.2, 0.25) is 5.02 Å². The highest BCUT2D eigenvalue weighted by molar-refractivity contribution is 8.00. The van der Waals surface area contributed by atoms with Gasteiger partial charge >= 0.3 is 5.97 Å². The van der Waals surface area contributed by atoms with Crippen molar-refractivity contribution in [1.82, 2.24) is 0 Å². The lowest BCUT2D eigenvalue weighted by atomic mass is 9.88. The summed E-state index contributed by atoms with van der Waals surface area (Å²) in [5, 5.41) is 3.28. The summed E-state index contributed by atoms with van der Waals surface area (Å²) >= 11 is 8.58. The molecule has 10 heteroatoms. The molecule has 3 amide bonds. The molecule has 40 heavy (non-hydrogen) atoms. The fourth-order valence-corrected chi connectivity index (χ4v) is 7.69. The van der Waals surface area contributed by atoms with Crippen molar-refractivity contribution in [2.45, 2.75) is 56.1 Å². The number of hydrogen-bond donors (Lipinski definition) is 1. The van der Waals surface area contributed by atoms with Crippen LogP contribution in [0.25, 0.3) is 0 Å². The number of imide groups is 1. The smallest absolute Gasteiger partial charge is 0.341 e. The zero-order valence-corrected chi connectivity index (χ0v) is 24.6. The summed E-state index contributed by atoms with van der Waals surface area (Å²) in [6, 6.07) is 14.3. The maximum atomic E-state index is 13.5. The molecule has 1 saturated heterocycles. The Morgan fingerprint density at radius 3 is 2.52 bits per heavy atom. The van der Waals surface area contributed by atoms with Gasteiger partial charge in [-0.25, -0.2) is 9.69 Å². The molecule has 0 spiro atoms. The van der Waals surface area contributed by atoms with Crippen LogP contribution in [0.4, 0.5) is 10.7 Å². The molecule has 1 aliphatic carbocycles. The first kappa shape index (κ1) is 28.4. The molecule has 0 unspecified atom stereocenters. The number of hydrogen-bond acceptors (Lipinski definition) is 7. The number of thiophene rings is 1. The lowest BCUT2D eigenvalue weighted by Gasteiger charge is -2.18. The number of nitrogens with zero attached hydrogens (tertiary/aromatic N) is 1. The number of fused-ring (bicyclic) bond motifs is 1. The Balaban J connectivity index is 1.27.